The Balaban J connectivity index is 2.06. The number of alkyl halides is 6. The van der Waals surface area contributed by atoms with Crippen molar-refractivity contribution < 1.29 is 64.1 Å². The van der Waals surface area contributed by atoms with Crippen molar-refractivity contribution in [2.75, 3.05) is 12.4 Å². The average molecular weight is 566 g/mol. The first-order valence-electron chi connectivity index (χ1n) is 10.2. The lowest BCUT2D eigenvalue weighted by Crippen LogP contribution is -2.21. The summed E-state index contributed by atoms with van der Waals surface area (Å²) in [5.41, 5.74) is -3.19. The van der Waals surface area contributed by atoms with E-state index in [0.29, 0.717) is 18.2 Å². The van der Waals surface area contributed by atoms with Crippen LogP contribution in [0.15, 0.2) is 48.5 Å². The Labute approximate surface area is 212 Å². The molecule has 208 valence electrons. The van der Waals surface area contributed by atoms with Crippen molar-refractivity contribution >= 4 is 17.5 Å². The van der Waals surface area contributed by atoms with Crippen LogP contribution in [0.5, 0.6) is 23.0 Å². The largest absolute Gasteiger partial charge is 0.573 e. The first-order valence-corrected chi connectivity index (χ1v) is 10.2. The summed E-state index contributed by atoms with van der Waals surface area (Å²) in [6.07, 6.45) is -10.3. The highest BCUT2D eigenvalue weighted by Gasteiger charge is 2.38. The second-order valence-corrected chi connectivity index (χ2v) is 7.35. The van der Waals surface area contributed by atoms with Gasteiger partial charge in [-0.15, -0.1) is 13.2 Å². The molecule has 0 spiro atoms. The van der Waals surface area contributed by atoms with Gasteiger partial charge in [-0.05, 0) is 42.5 Å². The number of carbonyl (C=O) groups is 2. The zero-order valence-corrected chi connectivity index (χ0v) is 19.1. The molecule has 0 aliphatic heterocycles. The van der Waals surface area contributed by atoms with Crippen LogP contribution in [0.4, 0.5) is 40.8 Å². The van der Waals surface area contributed by atoms with Gasteiger partial charge in [0, 0.05) is 11.8 Å². The number of nitrogens with one attached hydrogen (secondary N) is 2. The summed E-state index contributed by atoms with van der Waals surface area (Å²) < 4.78 is 120. The number of hydrogen-bond donors (Lipinski definition) is 3. The topological polar surface area (TPSA) is 106 Å². The van der Waals surface area contributed by atoms with Crippen molar-refractivity contribution in [2.24, 2.45) is 0 Å². The van der Waals surface area contributed by atoms with Crippen LogP contribution in [0, 0.1) is 11.6 Å². The molecular weight excluding hydrogens is 552 g/mol. The van der Waals surface area contributed by atoms with Crippen molar-refractivity contribution in [1.29, 1.82) is 0 Å². The van der Waals surface area contributed by atoms with Crippen LogP contribution >= 0.6 is 0 Å². The maximum atomic E-state index is 15.0. The molecule has 0 radical (unpaired) electrons. The van der Waals surface area contributed by atoms with Crippen LogP contribution in [0.2, 0.25) is 0 Å². The summed E-state index contributed by atoms with van der Waals surface area (Å²) in [4.78, 5) is 24.5. The number of benzene rings is 3. The van der Waals surface area contributed by atoms with Gasteiger partial charge in [0.25, 0.3) is 11.8 Å². The maximum Gasteiger partial charge on any atom is 0.573 e. The Morgan fingerprint density at radius 1 is 0.846 bits per heavy atom. The van der Waals surface area contributed by atoms with E-state index in [-0.39, 0.29) is 6.07 Å². The van der Waals surface area contributed by atoms with Gasteiger partial charge in [-0.2, -0.15) is 13.2 Å². The summed E-state index contributed by atoms with van der Waals surface area (Å²) in [5, 5.41) is 10.7. The molecule has 0 fully saturated rings. The van der Waals surface area contributed by atoms with Crippen LogP contribution in [0.3, 0.4) is 0 Å². The van der Waals surface area contributed by atoms with Crippen LogP contribution in [0.1, 0.15) is 26.3 Å². The van der Waals surface area contributed by atoms with Crippen molar-refractivity contribution in [1.82, 2.24) is 5.48 Å². The molecule has 0 unspecified atom stereocenters. The van der Waals surface area contributed by atoms with Gasteiger partial charge in [0.05, 0.1) is 18.2 Å². The number of amides is 2. The van der Waals surface area contributed by atoms with Gasteiger partial charge >= 0.3 is 12.5 Å². The van der Waals surface area contributed by atoms with E-state index in [2.05, 4.69) is 4.74 Å². The van der Waals surface area contributed by atoms with Crippen molar-refractivity contribution in [3.05, 3.63) is 76.9 Å². The fraction of sp³-hybridized carbons (Fsp3) is 0.130. The van der Waals surface area contributed by atoms with Crippen LogP contribution < -0.4 is 25.0 Å². The lowest BCUT2D eigenvalue weighted by Gasteiger charge is -2.18. The first-order chi connectivity index (χ1) is 18.1. The average Bonchev–Trinajstić information content (AvgIpc) is 2.83. The van der Waals surface area contributed by atoms with E-state index in [1.54, 1.807) is 0 Å². The van der Waals surface area contributed by atoms with Crippen LogP contribution in [-0.2, 0) is 6.18 Å². The summed E-state index contributed by atoms with van der Waals surface area (Å²) in [6.45, 7) is 0. The van der Waals surface area contributed by atoms with Crippen molar-refractivity contribution in [3.63, 3.8) is 0 Å². The normalized spacial score (nSPS) is 11.5. The predicted molar refractivity (Wildman–Crippen MR) is 115 cm³/mol. The standard InChI is InChI=1S/C23H14F8N2O6/c1-37-17-9-11(39-23(29,30)31)3-6-15(17)38-16-7-4-13(22(26,27)28)19(25)18(16)21(35)32-10-2-5-14(24)12(8-10)20(34)33-36/h2-9,36H,1H3,(H,32,35)(H,33,34). The molecule has 3 N–H and O–H groups in total. The molecule has 0 heterocycles. The van der Waals surface area contributed by atoms with Gasteiger partial charge < -0.3 is 19.5 Å². The third kappa shape index (κ3) is 6.84. The van der Waals surface area contributed by atoms with Gasteiger partial charge in [0.2, 0.25) is 0 Å². The Kier molecular flexibility index (Phi) is 8.19. The summed E-state index contributed by atoms with van der Waals surface area (Å²) in [6, 6.07) is 5.44. The molecule has 3 rings (SSSR count). The molecular formula is C23H14F8N2O6. The van der Waals surface area contributed by atoms with Crippen LogP contribution in [0.25, 0.3) is 0 Å². The second kappa shape index (κ2) is 11.0. The molecule has 0 atom stereocenters. The predicted octanol–water partition coefficient (Wildman–Crippen LogP) is 6.05. The number of rotatable bonds is 7. The molecule has 39 heavy (non-hydrogen) atoms. The number of carbonyl (C=O) groups excluding carboxylic acids is 2. The van der Waals surface area contributed by atoms with Gasteiger partial charge in [-0.25, -0.2) is 14.3 Å². The number of anilines is 1. The minimum absolute atomic E-state index is 0.261. The van der Waals surface area contributed by atoms with E-state index in [1.807, 2.05) is 5.32 Å². The number of halogens is 8. The molecule has 0 saturated carbocycles. The van der Waals surface area contributed by atoms with Gasteiger partial charge in [-0.1, -0.05) is 0 Å². The molecule has 0 aliphatic carbocycles. The van der Waals surface area contributed by atoms with E-state index in [9.17, 15) is 40.3 Å². The smallest absolute Gasteiger partial charge is 0.493 e. The highest BCUT2D eigenvalue weighted by molar-refractivity contribution is 6.07. The first kappa shape index (κ1) is 29.0. The molecule has 3 aromatic rings. The molecule has 0 aliphatic rings. The Morgan fingerprint density at radius 3 is 2.10 bits per heavy atom. The third-order valence-electron chi connectivity index (χ3n) is 4.80. The quantitative estimate of drug-likeness (QED) is 0.183. The SMILES string of the molecule is COc1cc(OC(F)(F)F)ccc1Oc1ccc(C(F)(F)F)c(F)c1C(=O)Nc1ccc(F)c(C(=O)NO)c1. The van der Waals surface area contributed by atoms with Gasteiger partial charge in [-0.3, -0.25) is 14.8 Å². The Hall–Kier alpha value is -4.60. The molecule has 0 bridgehead atoms. The van der Waals surface area contributed by atoms with Crippen molar-refractivity contribution in [2.45, 2.75) is 12.5 Å². The molecule has 3 aromatic carbocycles. The number of hydroxylamine groups is 1. The van der Waals surface area contributed by atoms with Crippen molar-refractivity contribution in [3.8, 4) is 23.0 Å². The van der Waals surface area contributed by atoms with Gasteiger partial charge in [0.15, 0.2) is 17.3 Å². The lowest BCUT2D eigenvalue weighted by molar-refractivity contribution is -0.274. The fourth-order valence-electron chi connectivity index (χ4n) is 3.15. The minimum Gasteiger partial charge on any atom is -0.493 e. The Morgan fingerprint density at radius 2 is 1.51 bits per heavy atom. The van der Waals surface area contributed by atoms with E-state index in [1.165, 1.54) is 0 Å². The van der Waals surface area contributed by atoms with Crippen LogP contribution in [-0.4, -0.2) is 30.5 Å². The molecule has 16 heteroatoms. The molecule has 0 saturated heterocycles. The van der Waals surface area contributed by atoms with E-state index >= 15 is 4.39 Å². The number of methoxy groups -OCH3 is 1. The summed E-state index contributed by atoms with van der Waals surface area (Å²) in [7, 11) is 1.01. The van der Waals surface area contributed by atoms with E-state index in [4.69, 9.17) is 14.7 Å². The minimum atomic E-state index is -5.26. The Bertz CT molecular complexity index is 1410. The maximum absolute atomic E-state index is 15.0. The summed E-state index contributed by atoms with van der Waals surface area (Å²) in [5.74, 6) is -8.54. The zero-order chi connectivity index (χ0) is 29.1. The fourth-order valence-corrected chi connectivity index (χ4v) is 3.15. The van der Waals surface area contributed by atoms with Gasteiger partial charge in [0.1, 0.15) is 22.9 Å². The van der Waals surface area contributed by atoms with E-state index < -0.39 is 81.4 Å². The zero-order valence-electron chi connectivity index (χ0n) is 19.1. The number of hydrogen-bond acceptors (Lipinski definition) is 6. The number of ether oxygens (including phenoxy) is 3. The highest BCUT2D eigenvalue weighted by atomic mass is 19.4. The van der Waals surface area contributed by atoms with E-state index in [0.717, 1.165) is 36.9 Å². The second-order valence-electron chi connectivity index (χ2n) is 7.35. The monoisotopic (exact) mass is 566 g/mol. The lowest BCUT2D eigenvalue weighted by atomic mass is 10.1. The molecule has 0 aromatic heterocycles. The summed E-state index contributed by atoms with van der Waals surface area (Å²) >= 11 is 0. The molecule has 2 amide bonds. The molecule has 8 nitrogen and oxygen atoms in total. The highest BCUT2D eigenvalue weighted by Crippen LogP contribution is 2.41. The third-order valence-corrected chi connectivity index (χ3v) is 4.80.